The minimum absolute atomic E-state index is 0.00688. The zero-order chi connectivity index (χ0) is 14.3. The molecule has 2 nitrogen and oxygen atoms in total. The Bertz CT molecular complexity index is 439. The summed E-state index contributed by atoms with van der Waals surface area (Å²) in [6.45, 7) is 7.87. The third-order valence-corrected chi connectivity index (χ3v) is 4.90. The highest BCUT2D eigenvalue weighted by Gasteiger charge is 2.46. The predicted octanol–water partition coefficient (Wildman–Crippen LogP) is 3.14. The maximum absolute atomic E-state index is 11.0. The Morgan fingerprint density at radius 1 is 0.895 bits per heavy atom. The SMILES string of the molecule is CC1=CC=CC(C)C1(O)CC1(O)C(C)=CC=CC1C. The Labute approximate surface area is 115 Å². The maximum atomic E-state index is 11.0. The van der Waals surface area contributed by atoms with Crippen LogP contribution in [0.2, 0.25) is 0 Å². The van der Waals surface area contributed by atoms with Crippen molar-refractivity contribution in [3.05, 3.63) is 47.6 Å². The molecule has 2 aliphatic rings. The van der Waals surface area contributed by atoms with Crippen molar-refractivity contribution >= 4 is 0 Å². The molecule has 104 valence electrons. The fourth-order valence-electron chi connectivity index (χ4n) is 3.07. The van der Waals surface area contributed by atoms with E-state index in [-0.39, 0.29) is 11.8 Å². The minimum Gasteiger partial charge on any atom is -0.385 e. The first kappa shape index (κ1) is 14.3. The largest absolute Gasteiger partial charge is 0.385 e. The summed E-state index contributed by atoms with van der Waals surface area (Å²) in [6, 6.07) is 0. The van der Waals surface area contributed by atoms with Gasteiger partial charge in [-0.05, 0) is 25.0 Å². The molecule has 19 heavy (non-hydrogen) atoms. The first-order valence-corrected chi connectivity index (χ1v) is 6.96. The Hall–Kier alpha value is -1.12. The van der Waals surface area contributed by atoms with Gasteiger partial charge in [0.05, 0.1) is 11.2 Å². The molecule has 0 fully saturated rings. The summed E-state index contributed by atoms with van der Waals surface area (Å²) >= 11 is 0. The predicted molar refractivity (Wildman–Crippen MR) is 78.6 cm³/mol. The fourth-order valence-corrected chi connectivity index (χ4v) is 3.07. The average molecular weight is 260 g/mol. The highest BCUT2D eigenvalue weighted by molar-refractivity contribution is 5.35. The van der Waals surface area contributed by atoms with Crippen LogP contribution in [0, 0.1) is 11.8 Å². The summed E-state index contributed by atoms with van der Waals surface area (Å²) in [5, 5.41) is 22.1. The molecule has 0 aromatic heterocycles. The van der Waals surface area contributed by atoms with Gasteiger partial charge < -0.3 is 10.2 Å². The Morgan fingerprint density at radius 3 is 1.58 bits per heavy atom. The van der Waals surface area contributed by atoms with Crippen molar-refractivity contribution in [3.63, 3.8) is 0 Å². The summed E-state index contributed by atoms with van der Waals surface area (Å²) in [5.74, 6) is 0.0138. The van der Waals surface area contributed by atoms with Crippen molar-refractivity contribution in [3.8, 4) is 0 Å². The fraction of sp³-hybridized carbons (Fsp3) is 0.529. The van der Waals surface area contributed by atoms with Gasteiger partial charge in [0, 0.05) is 18.3 Å². The van der Waals surface area contributed by atoms with E-state index in [1.165, 1.54) is 0 Å². The van der Waals surface area contributed by atoms with E-state index in [0.29, 0.717) is 6.42 Å². The summed E-state index contributed by atoms with van der Waals surface area (Å²) in [6.07, 6.45) is 12.2. The van der Waals surface area contributed by atoms with Crippen LogP contribution >= 0.6 is 0 Å². The van der Waals surface area contributed by atoms with Crippen molar-refractivity contribution in [2.24, 2.45) is 11.8 Å². The van der Waals surface area contributed by atoms with Gasteiger partial charge in [-0.15, -0.1) is 0 Å². The smallest absolute Gasteiger partial charge is 0.0947 e. The molecule has 2 aliphatic carbocycles. The van der Waals surface area contributed by atoms with E-state index in [2.05, 4.69) is 0 Å². The molecular weight excluding hydrogens is 236 g/mol. The summed E-state index contributed by atoms with van der Waals surface area (Å²) in [4.78, 5) is 0. The van der Waals surface area contributed by atoms with Crippen molar-refractivity contribution in [1.29, 1.82) is 0 Å². The van der Waals surface area contributed by atoms with Crippen molar-refractivity contribution in [1.82, 2.24) is 0 Å². The van der Waals surface area contributed by atoms with E-state index in [9.17, 15) is 10.2 Å². The van der Waals surface area contributed by atoms with Gasteiger partial charge in [-0.1, -0.05) is 50.3 Å². The van der Waals surface area contributed by atoms with Crippen LogP contribution in [0.25, 0.3) is 0 Å². The molecule has 0 saturated heterocycles. The van der Waals surface area contributed by atoms with E-state index < -0.39 is 11.2 Å². The minimum atomic E-state index is -0.974. The van der Waals surface area contributed by atoms with Crippen LogP contribution in [-0.4, -0.2) is 21.4 Å². The molecule has 0 bridgehead atoms. The second-order valence-corrected chi connectivity index (χ2v) is 6.07. The van der Waals surface area contributed by atoms with E-state index >= 15 is 0 Å². The molecule has 0 saturated carbocycles. The van der Waals surface area contributed by atoms with E-state index in [4.69, 9.17) is 0 Å². The Balaban J connectivity index is 2.34. The molecule has 0 aromatic carbocycles. The third kappa shape index (κ3) is 2.24. The number of hydrogen-bond donors (Lipinski definition) is 2. The van der Waals surface area contributed by atoms with Crippen LogP contribution in [0.4, 0.5) is 0 Å². The topological polar surface area (TPSA) is 40.5 Å². The summed E-state index contributed by atoms with van der Waals surface area (Å²) < 4.78 is 0. The monoisotopic (exact) mass is 260 g/mol. The number of hydrogen-bond acceptors (Lipinski definition) is 2. The molecular formula is C17H24O2. The number of aliphatic hydroxyl groups is 2. The molecule has 0 spiro atoms. The van der Waals surface area contributed by atoms with Crippen LogP contribution in [0.5, 0.6) is 0 Å². The number of allylic oxidation sites excluding steroid dienone is 4. The van der Waals surface area contributed by atoms with Crippen LogP contribution in [0.3, 0.4) is 0 Å². The molecule has 0 amide bonds. The van der Waals surface area contributed by atoms with Crippen molar-refractivity contribution in [2.75, 3.05) is 0 Å². The average Bonchev–Trinajstić information content (AvgIpc) is 2.34. The molecule has 4 unspecified atom stereocenters. The normalized spacial score (nSPS) is 42.0. The Morgan fingerprint density at radius 2 is 1.26 bits per heavy atom. The lowest BCUT2D eigenvalue weighted by molar-refractivity contribution is -0.0610. The number of rotatable bonds is 2. The summed E-state index contributed by atoms with van der Waals surface area (Å²) in [7, 11) is 0. The molecule has 0 heterocycles. The third-order valence-electron chi connectivity index (χ3n) is 4.90. The van der Waals surface area contributed by atoms with Gasteiger partial charge in [-0.2, -0.15) is 0 Å². The lowest BCUT2D eigenvalue weighted by Crippen LogP contribution is -2.50. The first-order chi connectivity index (χ1) is 8.80. The van der Waals surface area contributed by atoms with Crippen LogP contribution < -0.4 is 0 Å². The van der Waals surface area contributed by atoms with Gasteiger partial charge in [-0.25, -0.2) is 0 Å². The first-order valence-electron chi connectivity index (χ1n) is 6.96. The van der Waals surface area contributed by atoms with Gasteiger partial charge in [-0.3, -0.25) is 0 Å². The van der Waals surface area contributed by atoms with Gasteiger partial charge in [0.15, 0.2) is 0 Å². The molecule has 0 aliphatic heterocycles. The van der Waals surface area contributed by atoms with Crippen LogP contribution in [0.15, 0.2) is 47.6 Å². The van der Waals surface area contributed by atoms with Gasteiger partial charge in [0.2, 0.25) is 0 Å². The quantitative estimate of drug-likeness (QED) is 0.800. The zero-order valence-electron chi connectivity index (χ0n) is 12.2. The molecule has 2 N–H and O–H groups in total. The second kappa shape index (κ2) is 4.77. The van der Waals surface area contributed by atoms with Crippen LogP contribution in [0.1, 0.15) is 34.1 Å². The lowest BCUT2D eigenvalue weighted by Gasteiger charge is -2.45. The van der Waals surface area contributed by atoms with Gasteiger partial charge in [0.1, 0.15) is 0 Å². The van der Waals surface area contributed by atoms with Crippen LogP contribution in [-0.2, 0) is 0 Å². The molecule has 2 rings (SSSR count). The Kier molecular flexibility index (Phi) is 3.59. The molecule has 0 radical (unpaired) electrons. The second-order valence-electron chi connectivity index (χ2n) is 6.07. The molecule has 2 heteroatoms. The van der Waals surface area contributed by atoms with Gasteiger partial charge in [0.25, 0.3) is 0 Å². The van der Waals surface area contributed by atoms with Crippen molar-refractivity contribution < 1.29 is 10.2 Å². The molecule has 4 atom stereocenters. The molecule has 0 aromatic rings. The van der Waals surface area contributed by atoms with E-state index in [1.54, 1.807) is 0 Å². The standard InChI is InChI=1S/C17H24O2/c1-12-7-5-8-13(2)16(12,18)11-17(19)14(3)9-6-10-15(17)4/h5-10,12,14,18-19H,11H2,1-4H3. The zero-order valence-corrected chi connectivity index (χ0v) is 12.2. The highest BCUT2D eigenvalue weighted by Crippen LogP contribution is 2.43. The van der Waals surface area contributed by atoms with Gasteiger partial charge >= 0.3 is 0 Å². The summed E-state index contributed by atoms with van der Waals surface area (Å²) in [5.41, 5.74) is -0.105. The van der Waals surface area contributed by atoms with E-state index in [1.807, 2.05) is 64.2 Å². The van der Waals surface area contributed by atoms with Crippen molar-refractivity contribution in [2.45, 2.75) is 45.3 Å². The lowest BCUT2D eigenvalue weighted by atomic mass is 9.66. The highest BCUT2D eigenvalue weighted by atomic mass is 16.3. The maximum Gasteiger partial charge on any atom is 0.0947 e. The van der Waals surface area contributed by atoms with E-state index in [0.717, 1.165) is 11.1 Å².